The molecule has 0 aliphatic carbocycles. The van der Waals surface area contributed by atoms with Gasteiger partial charge in [0.05, 0.1) is 11.2 Å². The molecule has 0 atom stereocenters. The standard InChI is InChI=1S/C10H13N3S2/c1-2-9-5-11-10(14)13(9)4-3-8-6-15-7-12-8/h5-7H,2-4H2,1H3,(H,11,14). The average Bonchev–Trinajstić information content (AvgIpc) is 2.84. The van der Waals surface area contributed by atoms with Gasteiger partial charge in [0.15, 0.2) is 4.77 Å². The summed E-state index contributed by atoms with van der Waals surface area (Å²) in [5.74, 6) is 0. The average molecular weight is 239 g/mol. The van der Waals surface area contributed by atoms with Crippen molar-refractivity contribution in [2.75, 3.05) is 0 Å². The van der Waals surface area contributed by atoms with Crippen LogP contribution >= 0.6 is 23.6 Å². The molecule has 0 aliphatic rings. The quantitative estimate of drug-likeness (QED) is 0.832. The first-order valence-corrected chi connectivity index (χ1v) is 6.30. The fraction of sp³-hybridized carbons (Fsp3) is 0.400. The number of imidazole rings is 1. The second kappa shape index (κ2) is 4.72. The summed E-state index contributed by atoms with van der Waals surface area (Å²) in [5.41, 5.74) is 4.27. The Morgan fingerprint density at radius 3 is 3.13 bits per heavy atom. The molecule has 0 aromatic carbocycles. The lowest BCUT2D eigenvalue weighted by molar-refractivity contribution is 0.650. The molecular formula is C10H13N3S2. The van der Waals surface area contributed by atoms with Gasteiger partial charge in [-0.1, -0.05) is 6.92 Å². The van der Waals surface area contributed by atoms with Gasteiger partial charge in [0.1, 0.15) is 0 Å². The summed E-state index contributed by atoms with van der Waals surface area (Å²) in [5, 5.41) is 2.09. The molecule has 0 bridgehead atoms. The van der Waals surface area contributed by atoms with E-state index in [9.17, 15) is 0 Å². The van der Waals surface area contributed by atoms with Crippen LogP contribution in [-0.4, -0.2) is 14.5 Å². The van der Waals surface area contributed by atoms with Crippen LogP contribution in [0, 0.1) is 4.77 Å². The minimum absolute atomic E-state index is 0.807. The summed E-state index contributed by atoms with van der Waals surface area (Å²) in [4.78, 5) is 7.34. The van der Waals surface area contributed by atoms with Crippen LogP contribution in [0.4, 0.5) is 0 Å². The number of hydrogen-bond acceptors (Lipinski definition) is 3. The first kappa shape index (κ1) is 10.6. The molecule has 0 saturated carbocycles. The van der Waals surface area contributed by atoms with Crippen LogP contribution in [0.3, 0.4) is 0 Å². The molecule has 2 aromatic rings. The lowest BCUT2D eigenvalue weighted by Crippen LogP contribution is -2.05. The first-order valence-electron chi connectivity index (χ1n) is 4.95. The predicted octanol–water partition coefficient (Wildman–Crippen LogP) is 2.81. The van der Waals surface area contributed by atoms with E-state index in [1.54, 1.807) is 11.3 Å². The molecular weight excluding hydrogens is 226 g/mol. The van der Waals surface area contributed by atoms with Gasteiger partial charge >= 0.3 is 0 Å². The lowest BCUT2D eigenvalue weighted by atomic mass is 10.3. The fourth-order valence-electron chi connectivity index (χ4n) is 1.56. The van der Waals surface area contributed by atoms with Gasteiger partial charge < -0.3 is 9.55 Å². The highest BCUT2D eigenvalue weighted by Gasteiger charge is 2.02. The summed E-state index contributed by atoms with van der Waals surface area (Å²) >= 11 is 6.86. The molecule has 2 rings (SSSR count). The van der Waals surface area contributed by atoms with E-state index >= 15 is 0 Å². The van der Waals surface area contributed by atoms with Crippen LogP contribution in [0.1, 0.15) is 18.3 Å². The Morgan fingerprint density at radius 1 is 1.60 bits per heavy atom. The highest BCUT2D eigenvalue weighted by Crippen LogP contribution is 2.07. The number of hydrogen-bond donors (Lipinski definition) is 1. The SMILES string of the molecule is CCc1c[nH]c(=S)n1CCc1cscn1. The molecule has 0 aliphatic heterocycles. The van der Waals surface area contributed by atoms with E-state index < -0.39 is 0 Å². The van der Waals surface area contributed by atoms with Crippen molar-refractivity contribution < 1.29 is 0 Å². The summed E-state index contributed by atoms with van der Waals surface area (Å²) in [6.07, 6.45) is 3.94. The number of aryl methyl sites for hydroxylation is 2. The Kier molecular flexibility index (Phi) is 3.33. The van der Waals surface area contributed by atoms with Gasteiger partial charge in [0.25, 0.3) is 0 Å². The maximum atomic E-state index is 5.22. The molecule has 1 N–H and O–H groups in total. The van der Waals surface area contributed by atoms with Crippen LogP contribution in [0.5, 0.6) is 0 Å². The van der Waals surface area contributed by atoms with E-state index in [4.69, 9.17) is 12.2 Å². The van der Waals surface area contributed by atoms with Crippen molar-refractivity contribution >= 4 is 23.6 Å². The van der Waals surface area contributed by atoms with Crippen molar-refractivity contribution in [2.45, 2.75) is 26.3 Å². The molecule has 0 spiro atoms. The molecule has 2 heterocycles. The van der Waals surface area contributed by atoms with E-state index in [-0.39, 0.29) is 0 Å². The number of rotatable bonds is 4. The van der Waals surface area contributed by atoms with Gasteiger partial charge in [-0.2, -0.15) is 0 Å². The number of nitrogens with one attached hydrogen (secondary N) is 1. The smallest absolute Gasteiger partial charge is 0.177 e. The van der Waals surface area contributed by atoms with Crippen molar-refractivity contribution in [1.29, 1.82) is 0 Å². The third kappa shape index (κ3) is 2.35. The maximum absolute atomic E-state index is 5.22. The van der Waals surface area contributed by atoms with Crippen molar-refractivity contribution in [1.82, 2.24) is 14.5 Å². The van der Waals surface area contributed by atoms with E-state index in [0.717, 1.165) is 29.9 Å². The monoisotopic (exact) mass is 239 g/mol. The highest BCUT2D eigenvalue weighted by molar-refractivity contribution is 7.71. The number of H-pyrrole nitrogens is 1. The Morgan fingerprint density at radius 2 is 2.47 bits per heavy atom. The largest absolute Gasteiger partial charge is 0.337 e. The summed E-state index contributed by atoms with van der Waals surface area (Å²) in [6.45, 7) is 3.05. The topological polar surface area (TPSA) is 33.6 Å². The molecule has 5 heteroatoms. The fourth-order valence-corrected chi connectivity index (χ4v) is 2.42. The van der Waals surface area contributed by atoms with Crippen LogP contribution in [0.15, 0.2) is 17.1 Å². The predicted molar refractivity (Wildman–Crippen MR) is 64.8 cm³/mol. The number of aromatic nitrogens is 3. The molecule has 0 radical (unpaired) electrons. The van der Waals surface area contributed by atoms with Gasteiger partial charge in [-0.15, -0.1) is 11.3 Å². The molecule has 0 unspecified atom stereocenters. The zero-order valence-electron chi connectivity index (χ0n) is 8.56. The van der Waals surface area contributed by atoms with Crippen LogP contribution < -0.4 is 0 Å². The van der Waals surface area contributed by atoms with Crippen molar-refractivity contribution in [2.24, 2.45) is 0 Å². The van der Waals surface area contributed by atoms with Gasteiger partial charge in [0.2, 0.25) is 0 Å². The Hall–Kier alpha value is -0.940. The number of nitrogens with zero attached hydrogens (tertiary/aromatic N) is 2. The van der Waals surface area contributed by atoms with Gasteiger partial charge in [-0.25, -0.2) is 4.98 Å². The van der Waals surface area contributed by atoms with E-state index in [2.05, 4.69) is 26.8 Å². The van der Waals surface area contributed by atoms with Crippen molar-refractivity contribution in [3.8, 4) is 0 Å². The first-order chi connectivity index (χ1) is 7.31. The Labute approximate surface area is 97.8 Å². The molecule has 0 amide bonds. The molecule has 2 aromatic heterocycles. The summed E-state index contributed by atoms with van der Waals surface area (Å²) < 4.78 is 2.95. The third-order valence-corrected chi connectivity index (χ3v) is 3.36. The zero-order chi connectivity index (χ0) is 10.7. The second-order valence-electron chi connectivity index (χ2n) is 3.32. The molecule has 0 saturated heterocycles. The van der Waals surface area contributed by atoms with Gasteiger partial charge in [-0.05, 0) is 18.6 Å². The van der Waals surface area contributed by atoms with Crippen LogP contribution in [0.25, 0.3) is 0 Å². The maximum Gasteiger partial charge on any atom is 0.177 e. The van der Waals surface area contributed by atoms with E-state index in [1.165, 1.54) is 5.69 Å². The second-order valence-corrected chi connectivity index (χ2v) is 4.43. The zero-order valence-corrected chi connectivity index (χ0v) is 10.2. The minimum atomic E-state index is 0.807. The normalized spacial score (nSPS) is 10.7. The van der Waals surface area contributed by atoms with Crippen molar-refractivity contribution in [3.63, 3.8) is 0 Å². The number of aromatic amines is 1. The van der Waals surface area contributed by atoms with E-state index in [0.29, 0.717) is 0 Å². The molecule has 3 nitrogen and oxygen atoms in total. The lowest BCUT2D eigenvalue weighted by Gasteiger charge is -2.04. The van der Waals surface area contributed by atoms with Gasteiger partial charge in [0, 0.05) is 30.2 Å². The van der Waals surface area contributed by atoms with Gasteiger partial charge in [-0.3, -0.25) is 0 Å². The van der Waals surface area contributed by atoms with Crippen LogP contribution in [-0.2, 0) is 19.4 Å². The molecule has 80 valence electrons. The van der Waals surface area contributed by atoms with E-state index in [1.807, 2.05) is 11.7 Å². The Bertz CT molecular complexity index is 467. The summed E-state index contributed by atoms with van der Waals surface area (Å²) in [6, 6.07) is 0. The Balaban J connectivity index is 2.10. The minimum Gasteiger partial charge on any atom is -0.337 e. The molecule has 0 fully saturated rings. The summed E-state index contributed by atoms with van der Waals surface area (Å²) in [7, 11) is 0. The number of thiazole rings is 1. The van der Waals surface area contributed by atoms with Crippen molar-refractivity contribution in [3.05, 3.63) is 33.2 Å². The van der Waals surface area contributed by atoms with Crippen LogP contribution in [0.2, 0.25) is 0 Å². The highest BCUT2D eigenvalue weighted by atomic mass is 32.1. The molecule has 15 heavy (non-hydrogen) atoms. The third-order valence-electron chi connectivity index (χ3n) is 2.39.